The molecule has 0 aliphatic carbocycles. The van der Waals surface area contributed by atoms with Crippen LogP contribution in [0.2, 0.25) is 0 Å². The molecule has 1 N–H and O–H groups in total. The first kappa shape index (κ1) is 22.1. The number of rotatable bonds is 5. The summed E-state index contributed by atoms with van der Waals surface area (Å²) in [6, 6.07) is 15.8. The van der Waals surface area contributed by atoms with Crippen molar-refractivity contribution < 1.29 is 9.59 Å². The van der Waals surface area contributed by atoms with Gasteiger partial charge in [-0.2, -0.15) is 4.37 Å². The predicted octanol–water partition coefficient (Wildman–Crippen LogP) is 4.98. The average molecular weight is 495 g/mol. The molecule has 1 atom stereocenters. The lowest BCUT2D eigenvalue weighted by Gasteiger charge is -2.23. The first-order valence-electron chi connectivity index (χ1n) is 10.6. The van der Waals surface area contributed by atoms with Crippen LogP contribution in [0.4, 0.5) is 0 Å². The number of aryl methyl sites for hydroxylation is 2. The Balaban J connectivity index is 1.33. The lowest BCUT2D eigenvalue weighted by molar-refractivity contribution is 0.0747. The molecule has 2 aromatic heterocycles. The zero-order valence-electron chi connectivity index (χ0n) is 18.2. The molecule has 5 rings (SSSR count). The van der Waals surface area contributed by atoms with Gasteiger partial charge in [-0.1, -0.05) is 48.0 Å². The Morgan fingerprint density at radius 2 is 1.97 bits per heavy atom. The van der Waals surface area contributed by atoms with E-state index in [0.717, 1.165) is 36.9 Å². The van der Waals surface area contributed by atoms with E-state index in [4.69, 9.17) is 0 Å². The molecular formula is C24H22N4O2S3. The van der Waals surface area contributed by atoms with Crippen LogP contribution in [0.1, 0.15) is 31.5 Å². The maximum absolute atomic E-state index is 13.5. The Labute approximate surface area is 204 Å². The van der Waals surface area contributed by atoms with Crippen molar-refractivity contribution in [2.24, 2.45) is 0 Å². The number of carbonyl (C=O) groups excluding carboxylic acids is 2. The Bertz CT molecular complexity index is 1350. The number of nitrogens with zero attached hydrogens (tertiary/aromatic N) is 3. The van der Waals surface area contributed by atoms with Gasteiger partial charge in [0.15, 0.2) is 0 Å². The molecule has 1 unspecified atom stereocenters. The van der Waals surface area contributed by atoms with Crippen LogP contribution in [0.5, 0.6) is 0 Å². The second-order valence-electron chi connectivity index (χ2n) is 7.84. The van der Waals surface area contributed by atoms with Crippen LogP contribution in [0.3, 0.4) is 0 Å². The van der Waals surface area contributed by atoms with Crippen molar-refractivity contribution in [3.8, 4) is 10.4 Å². The fourth-order valence-corrected chi connectivity index (χ4v) is 6.76. The van der Waals surface area contributed by atoms with Gasteiger partial charge in [-0.25, -0.2) is 4.98 Å². The van der Waals surface area contributed by atoms with Gasteiger partial charge in [-0.3, -0.25) is 9.59 Å². The van der Waals surface area contributed by atoms with E-state index >= 15 is 0 Å². The molecule has 0 saturated carbocycles. The van der Waals surface area contributed by atoms with E-state index in [0.29, 0.717) is 24.5 Å². The SMILES string of the molecule is Cc1cccc(-c2sc(C)nc2C(=O)N2CCSC2CNC(=O)c2nsc3ccccc23)c1. The predicted molar refractivity (Wildman–Crippen MR) is 136 cm³/mol. The van der Waals surface area contributed by atoms with Gasteiger partial charge in [0, 0.05) is 24.2 Å². The van der Waals surface area contributed by atoms with Crippen LogP contribution in [0.15, 0.2) is 48.5 Å². The van der Waals surface area contributed by atoms with Crippen LogP contribution in [-0.2, 0) is 0 Å². The molecule has 2 aromatic carbocycles. The summed E-state index contributed by atoms with van der Waals surface area (Å²) >= 11 is 4.53. The highest BCUT2D eigenvalue weighted by Crippen LogP contribution is 2.34. The van der Waals surface area contributed by atoms with Gasteiger partial charge in [-0.05, 0) is 37.0 Å². The molecule has 4 aromatic rings. The summed E-state index contributed by atoms with van der Waals surface area (Å²) in [7, 11) is 0. The third-order valence-electron chi connectivity index (χ3n) is 5.50. The van der Waals surface area contributed by atoms with Crippen molar-refractivity contribution in [1.29, 1.82) is 0 Å². The topological polar surface area (TPSA) is 75.2 Å². The van der Waals surface area contributed by atoms with Gasteiger partial charge in [0.25, 0.3) is 11.8 Å². The largest absolute Gasteiger partial charge is 0.348 e. The van der Waals surface area contributed by atoms with Crippen LogP contribution < -0.4 is 5.32 Å². The van der Waals surface area contributed by atoms with Gasteiger partial charge in [0.05, 0.1) is 20.0 Å². The minimum atomic E-state index is -0.211. The number of benzene rings is 2. The van der Waals surface area contributed by atoms with E-state index in [1.54, 1.807) is 11.8 Å². The fourth-order valence-electron chi connectivity index (χ4n) is 3.93. The summed E-state index contributed by atoms with van der Waals surface area (Å²) in [6.45, 7) is 4.97. The molecule has 1 saturated heterocycles. The van der Waals surface area contributed by atoms with E-state index in [1.165, 1.54) is 22.9 Å². The van der Waals surface area contributed by atoms with Crippen molar-refractivity contribution in [1.82, 2.24) is 19.6 Å². The smallest absolute Gasteiger partial charge is 0.274 e. The molecule has 2 amide bonds. The van der Waals surface area contributed by atoms with Gasteiger partial charge in [-0.15, -0.1) is 23.1 Å². The monoisotopic (exact) mass is 494 g/mol. The van der Waals surface area contributed by atoms with Gasteiger partial charge >= 0.3 is 0 Å². The highest BCUT2D eigenvalue weighted by Gasteiger charge is 2.33. The Morgan fingerprint density at radius 1 is 1.12 bits per heavy atom. The number of hydrogen-bond acceptors (Lipinski definition) is 7. The second-order valence-corrected chi connectivity index (χ2v) is 11.1. The number of nitrogens with one attached hydrogen (secondary N) is 1. The standard InChI is InChI=1S/C24H22N4O2S3/c1-14-6-5-7-16(12-14)22-21(26-15(2)32-22)24(30)28-10-11-31-19(28)13-25-23(29)20-17-8-3-4-9-18(17)33-27-20/h3-9,12,19H,10-11,13H2,1-2H3,(H,25,29). The molecule has 168 valence electrons. The number of aromatic nitrogens is 2. The summed E-state index contributed by atoms with van der Waals surface area (Å²) < 4.78 is 5.31. The normalized spacial score (nSPS) is 15.8. The van der Waals surface area contributed by atoms with E-state index in [1.807, 2.05) is 61.2 Å². The summed E-state index contributed by atoms with van der Waals surface area (Å²) in [5.41, 5.74) is 3.08. The van der Waals surface area contributed by atoms with Crippen LogP contribution in [0, 0.1) is 13.8 Å². The van der Waals surface area contributed by atoms with Crippen molar-refractivity contribution in [3.05, 3.63) is 70.5 Å². The highest BCUT2D eigenvalue weighted by atomic mass is 32.2. The van der Waals surface area contributed by atoms with E-state index < -0.39 is 0 Å². The minimum Gasteiger partial charge on any atom is -0.348 e. The Hall–Kier alpha value is -2.75. The highest BCUT2D eigenvalue weighted by molar-refractivity contribution is 8.00. The molecule has 1 aliphatic heterocycles. The number of thiazole rings is 1. The molecule has 1 aliphatic rings. The maximum atomic E-state index is 13.5. The number of hydrogen-bond donors (Lipinski definition) is 1. The van der Waals surface area contributed by atoms with E-state index in [2.05, 4.69) is 20.7 Å². The molecule has 1 fully saturated rings. The van der Waals surface area contributed by atoms with Gasteiger partial charge in [0.2, 0.25) is 0 Å². The van der Waals surface area contributed by atoms with Gasteiger partial charge < -0.3 is 10.2 Å². The zero-order valence-corrected chi connectivity index (χ0v) is 20.6. The van der Waals surface area contributed by atoms with Crippen LogP contribution >= 0.6 is 34.6 Å². The summed E-state index contributed by atoms with van der Waals surface area (Å²) in [5, 5.41) is 4.56. The quantitative estimate of drug-likeness (QED) is 0.423. The summed E-state index contributed by atoms with van der Waals surface area (Å²) in [6.07, 6.45) is 0. The average Bonchev–Trinajstić information content (AvgIpc) is 3.55. The second kappa shape index (κ2) is 9.24. The molecule has 3 heterocycles. The number of fused-ring (bicyclic) bond motifs is 1. The van der Waals surface area contributed by atoms with Crippen molar-refractivity contribution >= 4 is 56.5 Å². The molecule has 0 spiro atoms. The lowest BCUT2D eigenvalue weighted by atomic mass is 10.1. The third kappa shape index (κ3) is 4.40. The first-order chi connectivity index (χ1) is 16.0. The maximum Gasteiger partial charge on any atom is 0.274 e. The molecule has 33 heavy (non-hydrogen) atoms. The molecule has 6 nitrogen and oxygen atoms in total. The molecule has 0 radical (unpaired) electrons. The molecule has 0 bridgehead atoms. The zero-order chi connectivity index (χ0) is 22.9. The van der Waals surface area contributed by atoms with Crippen molar-refractivity contribution in [2.45, 2.75) is 19.2 Å². The third-order valence-corrected chi connectivity index (χ3v) is 8.57. The molecular weight excluding hydrogens is 472 g/mol. The van der Waals surface area contributed by atoms with Crippen LogP contribution in [-0.4, -0.2) is 50.3 Å². The van der Waals surface area contributed by atoms with E-state index in [9.17, 15) is 9.59 Å². The van der Waals surface area contributed by atoms with Crippen LogP contribution in [0.25, 0.3) is 20.5 Å². The first-order valence-corrected chi connectivity index (χ1v) is 13.2. The Morgan fingerprint density at radius 3 is 2.82 bits per heavy atom. The minimum absolute atomic E-state index is 0.0841. The lowest BCUT2D eigenvalue weighted by Crippen LogP contribution is -2.42. The van der Waals surface area contributed by atoms with E-state index in [-0.39, 0.29) is 17.2 Å². The van der Waals surface area contributed by atoms with Crippen molar-refractivity contribution in [3.63, 3.8) is 0 Å². The summed E-state index contributed by atoms with van der Waals surface area (Å²) in [4.78, 5) is 33.7. The fraction of sp³-hybridized carbons (Fsp3) is 0.250. The number of amides is 2. The Kier molecular flexibility index (Phi) is 6.18. The number of carbonyl (C=O) groups is 2. The molecule has 9 heteroatoms. The number of thioether (sulfide) groups is 1. The summed E-state index contributed by atoms with van der Waals surface area (Å²) in [5.74, 6) is 0.533. The van der Waals surface area contributed by atoms with Crippen molar-refractivity contribution in [2.75, 3.05) is 18.8 Å². The van der Waals surface area contributed by atoms with Gasteiger partial charge in [0.1, 0.15) is 11.4 Å².